The van der Waals surface area contributed by atoms with Crippen LogP contribution in [0.1, 0.15) is 147 Å². The molecule has 0 aliphatic rings. The molecule has 0 fully saturated rings. The van der Waals surface area contributed by atoms with Gasteiger partial charge < -0.3 is 74.3 Å². The number of rotatable bonds is 53. The van der Waals surface area contributed by atoms with Crippen LogP contribution in [0.5, 0.6) is 0 Å². The quantitative estimate of drug-likeness (QED) is 0.0168. The summed E-state index contributed by atoms with van der Waals surface area (Å²) in [4.78, 5) is 110. The summed E-state index contributed by atoms with van der Waals surface area (Å²) in [5.74, 6) is -10.7. The number of aryl methyl sites for hydroxylation is 1. The van der Waals surface area contributed by atoms with Gasteiger partial charge in [-0.3, -0.25) is 52.4 Å². The van der Waals surface area contributed by atoms with Crippen LogP contribution in [0.3, 0.4) is 0 Å². The highest BCUT2D eigenvalue weighted by atomic mass is 32.2. The number of amides is 6. The molecule has 0 radical (unpaired) electrons. The largest absolute Gasteiger partial charge is 0.748 e. The molecule has 0 bridgehead atoms. The second kappa shape index (κ2) is 51.6. The summed E-state index contributed by atoms with van der Waals surface area (Å²) in [6.45, 7) is 26.2. The molecule has 10 N–H and O–H groups in total. The van der Waals surface area contributed by atoms with Crippen LogP contribution in [0, 0.1) is 41.4 Å². The number of aromatic nitrogens is 2. The smallest absolute Gasteiger partial charge is 0.309 e. The first-order valence-corrected chi connectivity index (χ1v) is 40.2. The van der Waals surface area contributed by atoms with E-state index in [0.29, 0.717) is 105 Å². The first kappa shape index (κ1) is 99.5. The second-order valence-electron chi connectivity index (χ2n) is 28.6. The summed E-state index contributed by atoms with van der Waals surface area (Å²) >= 11 is 0. The summed E-state index contributed by atoms with van der Waals surface area (Å²) in [7, 11) is -2.11. The Kier molecular flexibility index (Phi) is 49.9. The number of esters is 2. The lowest BCUT2D eigenvalue weighted by molar-refractivity contribution is -0.858. The average molecular weight is 1540 g/mol. The maximum Gasteiger partial charge on any atom is 0.309 e. The number of aromatic amines is 1. The van der Waals surface area contributed by atoms with E-state index in [1.54, 1.807) is 40.5 Å². The van der Waals surface area contributed by atoms with E-state index in [9.17, 15) is 72.7 Å². The molecule has 0 aliphatic heterocycles. The first-order valence-electron chi connectivity index (χ1n) is 35.4. The highest BCUT2D eigenvalue weighted by Gasteiger charge is 2.38. The zero-order chi connectivity index (χ0) is 79.4. The number of ether oxygens (including phenoxy) is 6. The molecular weight excluding hydrogens is 1410 g/mol. The van der Waals surface area contributed by atoms with E-state index in [1.807, 2.05) is 59.7 Å². The molecule has 0 saturated heterocycles. The van der Waals surface area contributed by atoms with Gasteiger partial charge in [0.2, 0.25) is 41.8 Å². The lowest BCUT2D eigenvalue weighted by atomic mass is 9.81. The normalized spacial score (nSPS) is 14.2. The van der Waals surface area contributed by atoms with Gasteiger partial charge in [-0.1, -0.05) is 27.7 Å². The van der Waals surface area contributed by atoms with Gasteiger partial charge in [-0.15, -0.1) is 0 Å². The van der Waals surface area contributed by atoms with Crippen LogP contribution in [0.25, 0.3) is 0 Å². The Labute approximate surface area is 613 Å². The van der Waals surface area contributed by atoms with Crippen molar-refractivity contribution in [2.75, 3.05) is 152 Å². The third-order valence-corrected chi connectivity index (χ3v) is 19.0. The molecular formula is C67H130N10O23S3+2. The van der Waals surface area contributed by atoms with Crippen molar-refractivity contribution in [1.29, 1.82) is 0 Å². The SMILES string of the molecule is CCC(CC(CC(C)C(=O)NC(C)(C)CS(=O)(=O)O)C(=O)NCCC[NH+](C)C)C(=O)N(C)C.CCOCCOCCOC(=O)C(CC)CC(CC(CC(C)C(=O)NC(C)(C)CS(=O)(=O)[O-])C(=O)NC(C)(C)CS(=O)(=O)O)C(=O)NCCC[NH+](C)C.CCOCCOCCOC(=O)CC[n+]1cc[nH]c1. The van der Waals surface area contributed by atoms with Crippen molar-refractivity contribution in [2.45, 2.75) is 170 Å². The second-order valence-corrected chi connectivity index (χ2v) is 32.9. The van der Waals surface area contributed by atoms with Crippen molar-refractivity contribution in [3.05, 3.63) is 18.7 Å². The molecule has 0 spiro atoms. The van der Waals surface area contributed by atoms with Crippen LogP contribution in [-0.2, 0) is 104 Å². The summed E-state index contributed by atoms with van der Waals surface area (Å²) in [5.41, 5.74) is -4.05. The zero-order valence-electron chi connectivity index (χ0n) is 64.7. The first-order chi connectivity index (χ1) is 47.6. The van der Waals surface area contributed by atoms with Crippen molar-refractivity contribution < 1.29 is 120 Å². The minimum Gasteiger partial charge on any atom is -0.748 e. The minimum absolute atomic E-state index is 0.00153. The number of hydrogen-bond acceptors (Lipinski definition) is 21. The molecule has 0 aliphatic carbocycles. The van der Waals surface area contributed by atoms with E-state index in [-0.39, 0.29) is 62.6 Å². The third kappa shape index (κ3) is 53.0. The van der Waals surface area contributed by atoms with E-state index >= 15 is 0 Å². The number of nitrogens with one attached hydrogen (secondary N) is 8. The van der Waals surface area contributed by atoms with Crippen LogP contribution in [0.15, 0.2) is 18.7 Å². The molecule has 1 rings (SSSR count). The Bertz CT molecular complexity index is 2970. The van der Waals surface area contributed by atoms with Gasteiger partial charge in [0.05, 0.1) is 132 Å². The third-order valence-electron chi connectivity index (χ3n) is 15.7. The van der Waals surface area contributed by atoms with Crippen molar-refractivity contribution in [1.82, 2.24) is 36.5 Å². The summed E-state index contributed by atoms with van der Waals surface area (Å²) in [6, 6.07) is 0. The Morgan fingerprint density at radius 2 is 0.913 bits per heavy atom. The Morgan fingerprint density at radius 3 is 1.30 bits per heavy atom. The van der Waals surface area contributed by atoms with Crippen LogP contribution in [-0.4, -0.2) is 265 Å². The van der Waals surface area contributed by atoms with Crippen molar-refractivity contribution >= 4 is 77.7 Å². The molecule has 0 saturated carbocycles. The van der Waals surface area contributed by atoms with E-state index in [2.05, 4.69) is 31.6 Å². The zero-order valence-corrected chi connectivity index (χ0v) is 67.1. The molecule has 33 nitrogen and oxygen atoms in total. The van der Waals surface area contributed by atoms with Gasteiger partial charge in [-0.2, -0.15) is 16.8 Å². The van der Waals surface area contributed by atoms with Crippen LogP contribution < -0.4 is 41.0 Å². The Morgan fingerprint density at radius 1 is 0.534 bits per heavy atom. The number of nitrogens with zero attached hydrogens (tertiary/aromatic N) is 2. The minimum atomic E-state index is -4.69. The van der Waals surface area contributed by atoms with Crippen LogP contribution >= 0.6 is 0 Å². The molecule has 7 atom stereocenters. The van der Waals surface area contributed by atoms with Gasteiger partial charge in [-0.05, 0) is 100 Å². The summed E-state index contributed by atoms with van der Waals surface area (Å²) in [5, 5.41) is 13.6. The van der Waals surface area contributed by atoms with Crippen molar-refractivity contribution in [2.24, 2.45) is 41.4 Å². The summed E-state index contributed by atoms with van der Waals surface area (Å²) < 4.78 is 132. The van der Waals surface area contributed by atoms with Crippen molar-refractivity contribution in [3.8, 4) is 0 Å². The standard InChI is InChI=1S/C33H64N4O13S2.C22H44N4O6S.C12H20N2O4/c1-10-25(31(41)50-18-17-49-16-15-48-11-2)20-27(29(39)34-13-12-14-37(8)9)21-26(30(40)36-33(6,7)23-52(45,46)47)19-24(3)28(38)35-32(4,5)22-51(42,43)44;1-9-17(21(29)26(7)8)14-18(20(28)23-11-10-12-25(5)6)13-16(2)19(27)24-22(3,4)15-33(30,31)32;1-2-16-7-8-17-9-10-18-12(15)3-5-14-6-4-13-11-14/h24-27H,10-23H2,1-9H3,(H,34,39)(H,35,38)(H,36,40)(H,42,43,44)(H,45,46,47);16-18H,9-15H2,1-8H3,(H,23,28)(H,24,27)(H,30,31,32);4,6,11H,2-3,5,7-10H2,1H3/p+2. The van der Waals surface area contributed by atoms with E-state index in [4.69, 9.17) is 33.0 Å². The topological polar surface area (TPSA) is 450 Å². The lowest BCUT2D eigenvalue weighted by Gasteiger charge is -2.32. The average Bonchev–Trinajstić information content (AvgIpc) is 1.09. The van der Waals surface area contributed by atoms with Gasteiger partial charge in [-0.25, -0.2) is 13.0 Å². The molecule has 36 heteroatoms. The number of H-pyrrole nitrogens is 1. The molecule has 1 heterocycles. The number of carbonyl (C=O) groups is 8. The molecule has 7 unspecified atom stereocenters. The van der Waals surface area contributed by atoms with Gasteiger partial charge in [0, 0.05) is 94.3 Å². The molecule has 602 valence electrons. The number of imidazole rings is 1. The fourth-order valence-corrected chi connectivity index (χ4v) is 13.6. The predicted molar refractivity (Wildman–Crippen MR) is 385 cm³/mol. The van der Waals surface area contributed by atoms with Gasteiger partial charge in [0.25, 0.3) is 20.2 Å². The van der Waals surface area contributed by atoms with Gasteiger partial charge >= 0.3 is 11.9 Å². The van der Waals surface area contributed by atoms with Gasteiger partial charge in [0.1, 0.15) is 32.2 Å². The molecule has 1 aromatic heterocycles. The maximum absolute atomic E-state index is 13.8. The maximum atomic E-state index is 13.8. The molecule has 0 aromatic carbocycles. The summed E-state index contributed by atoms with van der Waals surface area (Å²) in [6.07, 6.45) is 8.40. The fraction of sp³-hybridized carbons (Fsp3) is 0.836. The Balaban J connectivity index is 0. The molecule has 103 heavy (non-hydrogen) atoms. The van der Waals surface area contributed by atoms with Crippen molar-refractivity contribution in [3.63, 3.8) is 0 Å². The lowest BCUT2D eigenvalue weighted by Crippen LogP contribution is -3.05. The van der Waals surface area contributed by atoms with E-state index in [1.165, 1.54) is 63.2 Å². The van der Waals surface area contributed by atoms with E-state index in [0.717, 1.165) is 19.5 Å². The van der Waals surface area contributed by atoms with E-state index < -0.39 is 129 Å². The predicted octanol–water partition coefficient (Wildman–Crippen LogP) is -0.624. The van der Waals surface area contributed by atoms with Gasteiger partial charge in [0.15, 0.2) is 0 Å². The highest BCUT2D eigenvalue weighted by molar-refractivity contribution is 7.86. The number of quaternary nitrogens is 2. The monoisotopic (exact) mass is 1540 g/mol. The Hall–Kier alpha value is -5.54. The van der Waals surface area contributed by atoms with Crippen LogP contribution in [0.2, 0.25) is 0 Å². The number of hydrogen-bond donors (Lipinski definition) is 10. The molecule has 1 aromatic rings. The highest BCUT2D eigenvalue weighted by Crippen LogP contribution is 2.30. The molecule has 6 amide bonds. The van der Waals surface area contributed by atoms with Crippen LogP contribution in [0.4, 0.5) is 0 Å². The number of carbonyl (C=O) groups excluding carboxylic acids is 8. The fourth-order valence-electron chi connectivity index (χ4n) is 10.7.